The molecule has 9 heteroatoms. The van der Waals surface area contributed by atoms with Crippen molar-refractivity contribution in [2.45, 2.75) is 31.3 Å². The molecule has 1 aliphatic heterocycles. The van der Waals surface area contributed by atoms with Crippen LogP contribution in [0, 0.1) is 0 Å². The summed E-state index contributed by atoms with van der Waals surface area (Å²) >= 11 is 0. The highest BCUT2D eigenvalue weighted by Gasteiger charge is 2.41. The number of hydrogen-bond acceptors (Lipinski definition) is 5. The number of carboxylic acids is 1. The summed E-state index contributed by atoms with van der Waals surface area (Å²) in [5, 5.41) is 15.0. The molecular formula is C17H19N3O6. The maximum absolute atomic E-state index is 12.4. The van der Waals surface area contributed by atoms with Crippen molar-refractivity contribution in [2.24, 2.45) is 0 Å². The molecule has 26 heavy (non-hydrogen) atoms. The number of aromatic amines is 1. The van der Waals surface area contributed by atoms with Crippen molar-refractivity contribution in [2.75, 3.05) is 13.2 Å². The minimum Gasteiger partial charge on any atom is -0.480 e. The van der Waals surface area contributed by atoms with Gasteiger partial charge < -0.3 is 15.2 Å². The third-order valence-electron chi connectivity index (χ3n) is 4.58. The zero-order valence-corrected chi connectivity index (χ0v) is 14.0. The Bertz CT molecular complexity index is 955. The van der Waals surface area contributed by atoms with Gasteiger partial charge in [0.1, 0.15) is 5.54 Å². The molecule has 0 aliphatic carbocycles. The van der Waals surface area contributed by atoms with Gasteiger partial charge in [0.05, 0.1) is 17.3 Å². The van der Waals surface area contributed by atoms with Gasteiger partial charge >= 0.3 is 5.97 Å². The zero-order valence-electron chi connectivity index (χ0n) is 14.0. The third kappa shape index (κ3) is 3.38. The van der Waals surface area contributed by atoms with Gasteiger partial charge in [0, 0.05) is 32.5 Å². The average Bonchev–Trinajstić information content (AvgIpc) is 2.64. The summed E-state index contributed by atoms with van der Waals surface area (Å²) in [5.74, 6) is -1.61. The first kappa shape index (κ1) is 17.9. The lowest BCUT2D eigenvalue weighted by Crippen LogP contribution is -2.57. The Morgan fingerprint density at radius 2 is 1.85 bits per heavy atom. The maximum Gasteiger partial charge on any atom is 0.329 e. The first-order valence-corrected chi connectivity index (χ1v) is 8.27. The van der Waals surface area contributed by atoms with Gasteiger partial charge in [0.2, 0.25) is 5.91 Å². The highest BCUT2D eigenvalue weighted by Crippen LogP contribution is 2.21. The number of aromatic nitrogens is 2. The summed E-state index contributed by atoms with van der Waals surface area (Å²) < 4.78 is 6.23. The number of nitrogens with one attached hydrogen (secondary N) is 2. The summed E-state index contributed by atoms with van der Waals surface area (Å²) in [4.78, 5) is 48.2. The molecule has 1 fully saturated rings. The third-order valence-corrected chi connectivity index (χ3v) is 4.58. The van der Waals surface area contributed by atoms with Gasteiger partial charge in [0.25, 0.3) is 11.1 Å². The predicted octanol–water partition coefficient (Wildman–Crippen LogP) is -0.170. The number of fused-ring (bicyclic) bond motifs is 1. The molecule has 2 heterocycles. The van der Waals surface area contributed by atoms with E-state index in [0.717, 1.165) is 4.68 Å². The fourth-order valence-corrected chi connectivity index (χ4v) is 3.06. The standard InChI is InChI=1S/C17H19N3O6/c21-13(18-17(16(24)25)6-9-26-10-7-17)5-8-20-15(23)12-4-2-1-3-11(12)14(22)19-20/h1-4H,5-10H2,(H,18,21)(H,19,22)(H,24,25). The number of carboxylic acid groups (broad SMARTS) is 1. The van der Waals surface area contributed by atoms with Crippen LogP contribution in [0.3, 0.4) is 0 Å². The number of aryl methyl sites for hydroxylation is 1. The maximum atomic E-state index is 12.4. The largest absolute Gasteiger partial charge is 0.480 e. The average molecular weight is 361 g/mol. The van der Waals surface area contributed by atoms with Crippen molar-refractivity contribution in [1.29, 1.82) is 0 Å². The lowest BCUT2D eigenvalue weighted by Gasteiger charge is -2.33. The van der Waals surface area contributed by atoms with E-state index in [0.29, 0.717) is 0 Å². The minimum atomic E-state index is -1.35. The lowest BCUT2D eigenvalue weighted by atomic mass is 9.90. The Kier molecular flexibility index (Phi) is 4.90. The Morgan fingerprint density at radius 1 is 1.19 bits per heavy atom. The molecule has 0 spiro atoms. The van der Waals surface area contributed by atoms with E-state index in [1.165, 1.54) is 0 Å². The molecule has 0 radical (unpaired) electrons. The van der Waals surface area contributed by atoms with Crippen LogP contribution in [0.15, 0.2) is 33.9 Å². The SMILES string of the molecule is O=C(CCn1[nH]c(=O)c2ccccc2c1=O)NC1(C(=O)O)CCOCC1. The van der Waals surface area contributed by atoms with Crippen LogP contribution >= 0.6 is 0 Å². The van der Waals surface area contributed by atoms with Gasteiger partial charge in [-0.2, -0.15) is 0 Å². The summed E-state index contributed by atoms with van der Waals surface area (Å²) in [6.07, 6.45) is 0.228. The first-order chi connectivity index (χ1) is 12.4. The molecule has 0 atom stereocenters. The van der Waals surface area contributed by atoms with Crippen LogP contribution in [-0.4, -0.2) is 45.5 Å². The minimum absolute atomic E-state index is 0.0586. The van der Waals surface area contributed by atoms with E-state index >= 15 is 0 Å². The van der Waals surface area contributed by atoms with Crippen LogP contribution in [0.5, 0.6) is 0 Å². The van der Waals surface area contributed by atoms with E-state index in [1.807, 2.05) is 0 Å². The number of amides is 1. The number of hydrogen-bond donors (Lipinski definition) is 3. The van der Waals surface area contributed by atoms with Crippen molar-refractivity contribution >= 4 is 22.6 Å². The van der Waals surface area contributed by atoms with E-state index in [9.17, 15) is 24.3 Å². The van der Waals surface area contributed by atoms with Gasteiger partial charge in [-0.05, 0) is 12.1 Å². The number of carbonyl (C=O) groups is 2. The Labute approximate surface area is 147 Å². The molecule has 0 saturated carbocycles. The second-order valence-electron chi connectivity index (χ2n) is 6.24. The van der Waals surface area contributed by atoms with Crippen LogP contribution < -0.4 is 16.4 Å². The first-order valence-electron chi connectivity index (χ1n) is 8.27. The Morgan fingerprint density at radius 3 is 2.50 bits per heavy atom. The molecule has 1 aliphatic rings. The van der Waals surface area contributed by atoms with Crippen molar-refractivity contribution in [3.8, 4) is 0 Å². The zero-order chi connectivity index (χ0) is 18.7. The van der Waals surface area contributed by atoms with Crippen LogP contribution in [0.25, 0.3) is 10.8 Å². The van der Waals surface area contributed by atoms with Crippen molar-refractivity contribution in [1.82, 2.24) is 15.1 Å². The molecule has 3 N–H and O–H groups in total. The summed E-state index contributed by atoms with van der Waals surface area (Å²) in [5.41, 5.74) is -2.18. The fraction of sp³-hybridized carbons (Fsp3) is 0.412. The van der Waals surface area contributed by atoms with Gasteiger partial charge in [0.15, 0.2) is 0 Å². The molecule has 1 aromatic heterocycles. The second kappa shape index (κ2) is 7.12. The van der Waals surface area contributed by atoms with Crippen LogP contribution in [0.4, 0.5) is 0 Å². The quantitative estimate of drug-likeness (QED) is 0.678. The highest BCUT2D eigenvalue weighted by atomic mass is 16.5. The number of nitrogens with zero attached hydrogens (tertiary/aromatic N) is 1. The van der Waals surface area contributed by atoms with Crippen LogP contribution in [-0.2, 0) is 20.9 Å². The number of aliphatic carboxylic acids is 1. The van der Waals surface area contributed by atoms with E-state index in [-0.39, 0.29) is 49.8 Å². The Balaban J connectivity index is 1.75. The molecule has 3 rings (SSSR count). The molecule has 9 nitrogen and oxygen atoms in total. The molecule has 0 bridgehead atoms. The number of rotatable bonds is 5. The number of carbonyl (C=O) groups excluding carboxylic acids is 1. The number of benzene rings is 1. The summed E-state index contributed by atoms with van der Waals surface area (Å²) in [6.45, 7) is 0.449. The van der Waals surface area contributed by atoms with Gasteiger partial charge in [-0.1, -0.05) is 12.1 Å². The summed E-state index contributed by atoms with van der Waals surface area (Å²) in [6, 6.07) is 6.41. The second-order valence-corrected chi connectivity index (χ2v) is 6.24. The normalized spacial score (nSPS) is 16.3. The topological polar surface area (TPSA) is 130 Å². The number of ether oxygens (including phenoxy) is 1. The molecule has 138 valence electrons. The van der Waals surface area contributed by atoms with E-state index in [2.05, 4.69) is 10.4 Å². The summed E-state index contributed by atoms with van der Waals surface area (Å²) in [7, 11) is 0. The fourth-order valence-electron chi connectivity index (χ4n) is 3.06. The molecule has 1 aromatic carbocycles. The van der Waals surface area contributed by atoms with Gasteiger partial charge in [-0.25, -0.2) is 9.48 Å². The van der Waals surface area contributed by atoms with Gasteiger partial charge in [-0.3, -0.25) is 19.5 Å². The van der Waals surface area contributed by atoms with Crippen LogP contribution in [0.2, 0.25) is 0 Å². The van der Waals surface area contributed by atoms with Crippen molar-refractivity contribution in [3.63, 3.8) is 0 Å². The number of H-pyrrole nitrogens is 1. The molecule has 2 aromatic rings. The smallest absolute Gasteiger partial charge is 0.329 e. The van der Waals surface area contributed by atoms with E-state index in [1.54, 1.807) is 24.3 Å². The molecule has 0 unspecified atom stereocenters. The monoisotopic (exact) mass is 361 g/mol. The van der Waals surface area contributed by atoms with E-state index < -0.39 is 28.5 Å². The highest BCUT2D eigenvalue weighted by molar-refractivity contribution is 5.87. The van der Waals surface area contributed by atoms with E-state index in [4.69, 9.17) is 4.74 Å². The Hall–Kier alpha value is -2.94. The van der Waals surface area contributed by atoms with Gasteiger partial charge in [-0.15, -0.1) is 0 Å². The molecule has 1 saturated heterocycles. The van der Waals surface area contributed by atoms with Crippen molar-refractivity contribution < 1.29 is 19.4 Å². The lowest BCUT2D eigenvalue weighted by molar-refractivity contribution is -0.152. The predicted molar refractivity (Wildman–Crippen MR) is 92.0 cm³/mol. The van der Waals surface area contributed by atoms with Crippen molar-refractivity contribution in [3.05, 3.63) is 45.0 Å². The molecule has 1 amide bonds. The van der Waals surface area contributed by atoms with Crippen LogP contribution in [0.1, 0.15) is 19.3 Å². The molecular weight excluding hydrogens is 342 g/mol.